The van der Waals surface area contributed by atoms with Crippen molar-refractivity contribution in [2.75, 3.05) is 6.54 Å². The first-order valence-corrected chi connectivity index (χ1v) is 8.13. The molecule has 0 spiro atoms. The minimum Gasteiger partial charge on any atom is -0.460 e. The molecule has 5 nitrogen and oxygen atoms in total. The molecule has 1 aliphatic heterocycles. The van der Waals surface area contributed by atoms with E-state index in [0.717, 1.165) is 5.57 Å². The van der Waals surface area contributed by atoms with Crippen molar-refractivity contribution in [2.45, 2.75) is 72.1 Å². The first-order chi connectivity index (χ1) is 10.3. The number of hydrogen-bond acceptors (Lipinski definition) is 5. The van der Waals surface area contributed by atoms with E-state index in [1.807, 2.05) is 48.5 Å². The second-order valence-corrected chi connectivity index (χ2v) is 8.33. The molecule has 23 heavy (non-hydrogen) atoms. The number of hydrogen-bond donors (Lipinski definition) is 1. The van der Waals surface area contributed by atoms with Crippen LogP contribution < -0.4 is 5.32 Å². The molecule has 3 atom stereocenters. The molecule has 1 N–H and O–H groups in total. The molecule has 1 rings (SSSR count). The standard InChI is InChI=1S/C18H31NO4/c1-11(2)13-10-19-15(16(21)23-18(6,7)8)12(13)9-14(20)22-17(3,4)5/h12-13,15,19H,1,9-10H2,2-8H3. The van der Waals surface area contributed by atoms with Gasteiger partial charge in [-0.3, -0.25) is 9.59 Å². The van der Waals surface area contributed by atoms with Gasteiger partial charge >= 0.3 is 11.9 Å². The van der Waals surface area contributed by atoms with Gasteiger partial charge in [0.1, 0.15) is 17.2 Å². The molecule has 5 heteroatoms. The highest BCUT2D eigenvalue weighted by Gasteiger charge is 2.43. The zero-order chi connectivity index (χ0) is 18.0. The predicted molar refractivity (Wildman–Crippen MR) is 89.9 cm³/mol. The lowest BCUT2D eigenvalue weighted by atomic mass is 9.83. The van der Waals surface area contributed by atoms with Crippen molar-refractivity contribution in [1.82, 2.24) is 5.32 Å². The number of carbonyl (C=O) groups is 2. The number of carbonyl (C=O) groups excluding carboxylic acids is 2. The van der Waals surface area contributed by atoms with Crippen LogP contribution in [0.1, 0.15) is 54.9 Å². The molecule has 1 fully saturated rings. The van der Waals surface area contributed by atoms with E-state index in [2.05, 4.69) is 11.9 Å². The lowest BCUT2D eigenvalue weighted by Crippen LogP contribution is -2.42. The van der Waals surface area contributed by atoms with E-state index in [1.54, 1.807) is 0 Å². The Morgan fingerprint density at radius 1 is 1.09 bits per heavy atom. The second-order valence-electron chi connectivity index (χ2n) is 8.33. The van der Waals surface area contributed by atoms with Crippen molar-refractivity contribution < 1.29 is 19.1 Å². The van der Waals surface area contributed by atoms with Crippen molar-refractivity contribution in [2.24, 2.45) is 11.8 Å². The molecule has 3 unspecified atom stereocenters. The lowest BCUT2D eigenvalue weighted by molar-refractivity contribution is -0.160. The molecule has 0 amide bonds. The van der Waals surface area contributed by atoms with Crippen LogP contribution in [-0.2, 0) is 19.1 Å². The van der Waals surface area contributed by atoms with Crippen LogP contribution in [0.5, 0.6) is 0 Å². The maximum atomic E-state index is 12.4. The second kappa shape index (κ2) is 7.04. The fourth-order valence-corrected chi connectivity index (χ4v) is 2.79. The molecule has 0 bridgehead atoms. The Balaban J connectivity index is 2.87. The number of ether oxygens (including phenoxy) is 2. The van der Waals surface area contributed by atoms with Gasteiger partial charge in [-0.2, -0.15) is 0 Å². The third-order valence-electron chi connectivity index (χ3n) is 3.62. The van der Waals surface area contributed by atoms with E-state index in [9.17, 15) is 9.59 Å². The van der Waals surface area contributed by atoms with E-state index in [1.165, 1.54) is 0 Å². The topological polar surface area (TPSA) is 64.6 Å². The Hall–Kier alpha value is -1.36. The van der Waals surface area contributed by atoms with Gasteiger partial charge in [-0.1, -0.05) is 12.2 Å². The van der Waals surface area contributed by atoms with E-state index < -0.39 is 17.2 Å². The Kier molecular flexibility index (Phi) is 6.02. The Labute approximate surface area is 139 Å². The average molecular weight is 325 g/mol. The van der Waals surface area contributed by atoms with Crippen LogP contribution in [0.15, 0.2) is 12.2 Å². The molecular weight excluding hydrogens is 294 g/mol. The van der Waals surface area contributed by atoms with E-state index in [0.29, 0.717) is 6.54 Å². The van der Waals surface area contributed by atoms with Crippen LogP contribution in [0.3, 0.4) is 0 Å². The summed E-state index contributed by atoms with van der Waals surface area (Å²) in [7, 11) is 0. The largest absolute Gasteiger partial charge is 0.460 e. The van der Waals surface area contributed by atoms with Crippen LogP contribution in [0, 0.1) is 11.8 Å². The Morgan fingerprint density at radius 2 is 1.61 bits per heavy atom. The normalized spacial score (nSPS) is 25.1. The van der Waals surface area contributed by atoms with Gasteiger partial charge in [-0.25, -0.2) is 0 Å². The Morgan fingerprint density at radius 3 is 2.04 bits per heavy atom. The number of nitrogens with one attached hydrogen (secondary N) is 1. The minimum atomic E-state index is -0.559. The highest BCUT2D eigenvalue weighted by atomic mass is 16.6. The van der Waals surface area contributed by atoms with E-state index in [-0.39, 0.29) is 30.2 Å². The summed E-state index contributed by atoms with van der Waals surface area (Å²) < 4.78 is 10.9. The molecule has 132 valence electrons. The first-order valence-electron chi connectivity index (χ1n) is 8.13. The number of esters is 2. The minimum absolute atomic E-state index is 0.0556. The van der Waals surface area contributed by atoms with Crippen LogP contribution >= 0.6 is 0 Å². The molecule has 1 aliphatic rings. The smallest absolute Gasteiger partial charge is 0.323 e. The van der Waals surface area contributed by atoms with E-state index in [4.69, 9.17) is 9.47 Å². The molecule has 1 heterocycles. The zero-order valence-electron chi connectivity index (χ0n) is 15.5. The van der Waals surface area contributed by atoms with Crippen molar-refractivity contribution in [3.8, 4) is 0 Å². The molecule has 0 saturated carbocycles. The summed E-state index contributed by atoms with van der Waals surface area (Å²) in [5, 5.41) is 3.19. The van der Waals surface area contributed by atoms with Gasteiger partial charge in [0.2, 0.25) is 0 Å². The summed E-state index contributed by atoms with van der Waals surface area (Å²) in [6.07, 6.45) is 0.172. The average Bonchev–Trinajstić information content (AvgIpc) is 2.67. The monoisotopic (exact) mass is 325 g/mol. The van der Waals surface area contributed by atoms with Gasteiger partial charge in [0.05, 0.1) is 6.42 Å². The van der Waals surface area contributed by atoms with Crippen LogP contribution in [0.25, 0.3) is 0 Å². The molecular formula is C18H31NO4. The quantitative estimate of drug-likeness (QED) is 0.636. The highest BCUT2D eigenvalue weighted by molar-refractivity contribution is 5.79. The first kappa shape index (κ1) is 19.7. The van der Waals surface area contributed by atoms with Gasteiger partial charge < -0.3 is 14.8 Å². The molecule has 0 radical (unpaired) electrons. The summed E-state index contributed by atoms with van der Waals surface area (Å²) >= 11 is 0. The van der Waals surface area contributed by atoms with Gasteiger partial charge in [0, 0.05) is 12.5 Å². The van der Waals surface area contributed by atoms with Crippen molar-refractivity contribution in [3.05, 3.63) is 12.2 Å². The third kappa shape index (κ3) is 6.34. The SMILES string of the molecule is C=C(C)C1CNC(C(=O)OC(C)(C)C)C1CC(=O)OC(C)(C)C. The molecule has 0 aromatic carbocycles. The third-order valence-corrected chi connectivity index (χ3v) is 3.62. The fraction of sp³-hybridized carbons (Fsp3) is 0.778. The van der Waals surface area contributed by atoms with Crippen LogP contribution in [-0.4, -0.2) is 35.7 Å². The summed E-state index contributed by atoms with van der Waals surface area (Å²) in [4.78, 5) is 24.6. The maximum Gasteiger partial charge on any atom is 0.323 e. The van der Waals surface area contributed by atoms with Gasteiger partial charge in [0.15, 0.2) is 0 Å². The lowest BCUT2D eigenvalue weighted by Gasteiger charge is -2.27. The number of rotatable bonds is 4. The van der Waals surface area contributed by atoms with Gasteiger partial charge in [-0.05, 0) is 54.4 Å². The fourth-order valence-electron chi connectivity index (χ4n) is 2.79. The van der Waals surface area contributed by atoms with Gasteiger partial charge in [0.25, 0.3) is 0 Å². The predicted octanol–water partition coefficient (Wildman–Crippen LogP) is 2.84. The Bertz CT molecular complexity index is 470. The van der Waals surface area contributed by atoms with Crippen LogP contribution in [0.2, 0.25) is 0 Å². The summed E-state index contributed by atoms with van der Waals surface area (Å²) in [5.74, 6) is -0.766. The molecule has 0 aromatic rings. The molecule has 1 saturated heterocycles. The summed E-state index contributed by atoms with van der Waals surface area (Å²) in [6, 6.07) is -0.511. The molecule has 0 aliphatic carbocycles. The highest BCUT2D eigenvalue weighted by Crippen LogP contribution is 2.32. The zero-order valence-corrected chi connectivity index (χ0v) is 15.5. The maximum absolute atomic E-state index is 12.4. The van der Waals surface area contributed by atoms with E-state index >= 15 is 0 Å². The van der Waals surface area contributed by atoms with Crippen molar-refractivity contribution in [3.63, 3.8) is 0 Å². The molecule has 0 aromatic heterocycles. The summed E-state index contributed by atoms with van der Waals surface area (Å²) in [6.45, 7) is 17.5. The summed E-state index contributed by atoms with van der Waals surface area (Å²) in [5.41, 5.74) is -0.142. The van der Waals surface area contributed by atoms with Crippen molar-refractivity contribution >= 4 is 11.9 Å². The van der Waals surface area contributed by atoms with Gasteiger partial charge in [-0.15, -0.1) is 0 Å². The van der Waals surface area contributed by atoms with Crippen molar-refractivity contribution in [1.29, 1.82) is 0 Å². The van der Waals surface area contributed by atoms with Crippen LogP contribution in [0.4, 0.5) is 0 Å².